The van der Waals surface area contributed by atoms with Gasteiger partial charge in [0, 0.05) is 17.8 Å². The van der Waals surface area contributed by atoms with Crippen LogP contribution in [0.2, 0.25) is 0 Å². The zero-order valence-corrected chi connectivity index (χ0v) is 11.9. The van der Waals surface area contributed by atoms with Gasteiger partial charge in [0.1, 0.15) is 0 Å². The van der Waals surface area contributed by atoms with Crippen LogP contribution in [0.15, 0.2) is 22.2 Å². The molecule has 0 bridgehead atoms. The van der Waals surface area contributed by atoms with E-state index in [2.05, 4.69) is 39.1 Å². The number of nitrogens with zero attached hydrogens (tertiary/aromatic N) is 4. The van der Waals surface area contributed by atoms with Crippen molar-refractivity contribution < 1.29 is 0 Å². The summed E-state index contributed by atoms with van der Waals surface area (Å²) in [6.45, 7) is 4.77. The molecular weight excluding hydrogens is 300 g/mol. The number of aryl methyl sites for hydroxylation is 1. The third kappa shape index (κ3) is 1.81. The summed E-state index contributed by atoms with van der Waals surface area (Å²) in [6, 6.07) is 0. The molecule has 4 nitrogen and oxygen atoms in total. The molecule has 6 heteroatoms. The van der Waals surface area contributed by atoms with Crippen molar-refractivity contribution in [3.8, 4) is 0 Å². The molecule has 0 N–H and O–H groups in total. The summed E-state index contributed by atoms with van der Waals surface area (Å²) in [7, 11) is 0. The Morgan fingerprint density at radius 3 is 2.88 bits per heavy atom. The first kappa shape index (κ1) is 11.0. The second-order valence-electron chi connectivity index (χ2n) is 3.97. The van der Waals surface area contributed by atoms with Crippen molar-refractivity contribution in [2.75, 3.05) is 0 Å². The van der Waals surface area contributed by atoms with Gasteiger partial charge in [-0.1, -0.05) is 0 Å². The highest BCUT2D eigenvalue weighted by Gasteiger charge is 2.10. The lowest BCUT2D eigenvalue weighted by molar-refractivity contribution is 0.649. The Morgan fingerprint density at radius 2 is 2.24 bits per heavy atom. The van der Waals surface area contributed by atoms with Crippen molar-refractivity contribution in [2.24, 2.45) is 0 Å². The first-order valence-electron chi connectivity index (χ1n) is 5.26. The first-order chi connectivity index (χ1) is 8.15. The Morgan fingerprint density at radius 1 is 1.41 bits per heavy atom. The second kappa shape index (κ2) is 3.96. The summed E-state index contributed by atoms with van der Waals surface area (Å²) in [6.07, 6.45) is 4.07. The van der Waals surface area contributed by atoms with Gasteiger partial charge in [0.15, 0.2) is 4.96 Å². The van der Waals surface area contributed by atoms with E-state index in [1.807, 2.05) is 27.6 Å². The maximum absolute atomic E-state index is 4.55. The molecule has 0 aliphatic carbocycles. The summed E-state index contributed by atoms with van der Waals surface area (Å²) in [5.41, 5.74) is 3.19. The molecule has 0 unspecified atom stereocenters. The number of halogens is 1. The van der Waals surface area contributed by atoms with Gasteiger partial charge in [0.2, 0.25) is 0 Å². The van der Waals surface area contributed by atoms with Gasteiger partial charge < -0.3 is 0 Å². The first-order valence-corrected chi connectivity index (χ1v) is 6.93. The van der Waals surface area contributed by atoms with Crippen LogP contribution in [0.5, 0.6) is 0 Å². The van der Waals surface area contributed by atoms with Crippen LogP contribution in [0.1, 0.15) is 17.1 Å². The van der Waals surface area contributed by atoms with Gasteiger partial charge >= 0.3 is 0 Å². The predicted octanol–water partition coefficient (Wildman–Crippen LogP) is 3.02. The van der Waals surface area contributed by atoms with E-state index in [1.165, 1.54) is 0 Å². The van der Waals surface area contributed by atoms with E-state index in [-0.39, 0.29) is 0 Å². The molecule has 88 valence electrons. The van der Waals surface area contributed by atoms with Gasteiger partial charge in [-0.05, 0) is 29.8 Å². The third-order valence-corrected chi connectivity index (χ3v) is 4.67. The number of imidazole rings is 1. The molecule has 3 heterocycles. The van der Waals surface area contributed by atoms with Gasteiger partial charge in [-0.25, -0.2) is 4.98 Å². The molecule has 0 aliphatic heterocycles. The summed E-state index contributed by atoms with van der Waals surface area (Å²) in [4.78, 5) is 5.58. The minimum Gasteiger partial charge on any atom is -0.297 e. The van der Waals surface area contributed by atoms with Crippen LogP contribution < -0.4 is 0 Å². The average Bonchev–Trinajstić information content (AvgIpc) is 2.91. The van der Waals surface area contributed by atoms with E-state index in [0.717, 1.165) is 26.5 Å². The SMILES string of the molecule is Cc1nn(Cc2cn3ccsc3n2)c(C)c1Br. The Labute approximate surface area is 111 Å². The van der Waals surface area contributed by atoms with Crippen molar-refractivity contribution >= 4 is 32.2 Å². The van der Waals surface area contributed by atoms with Crippen LogP contribution in [-0.4, -0.2) is 19.2 Å². The van der Waals surface area contributed by atoms with E-state index < -0.39 is 0 Å². The van der Waals surface area contributed by atoms with E-state index in [9.17, 15) is 0 Å². The highest BCUT2D eigenvalue weighted by molar-refractivity contribution is 9.10. The predicted molar refractivity (Wildman–Crippen MR) is 71.6 cm³/mol. The number of fused-ring (bicyclic) bond motifs is 1. The third-order valence-electron chi connectivity index (χ3n) is 2.75. The number of hydrogen-bond acceptors (Lipinski definition) is 3. The molecule has 0 fully saturated rings. The van der Waals surface area contributed by atoms with Gasteiger partial charge in [-0.2, -0.15) is 5.10 Å². The number of aromatic nitrogens is 4. The Hall–Kier alpha value is -1.14. The van der Waals surface area contributed by atoms with Crippen LogP contribution in [0, 0.1) is 13.8 Å². The van der Waals surface area contributed by atoms with Gasteiger partial charge in [-0.3, -0.25) is 9.08 Å². The van der Waals surface area contributed by atoms with Gasteiger partial charge in [-0.15, -0.1) is 11.3 Å². The van der Waals surface area contributed by atoms with Crippen LogP contribution in [0.4, 0.5) is 0 Å². The van der Waals surface area contributed by atoms with Crippen LogP contribution in [-0.2, 0) is 6.54 Å². The quantitative estimate of drug-likeness (QED) is 0.729. The minimum atomic E-state index is 0.715. The van der Waals surface area contributed by atoms with Gasteiger partial charge in [0.25, 0.3) is 0 Å². The molecule has 3 aromatic rings. The van der Waals surface area contributed by atoms with Crippen molar-refractivity contribution in [1.82, 2.24) is 19.2 Å². The monoisotopic (exact) mass is 310 g/mol. The lowest BCUT2D eigenvalue weighted by Crippen LogP contribution is -2.04. The van der Waals surface area contributed by atoms with Crippen molar-refractivity contribution in [3.05, 3.63) is 39.3 Å². The Balaban J connectivity index is 1.96. The molecule has 0 saturated carbocycles. The number of thiazole rings is 1. The maximum atomic E-state index is 4.55. The average molecular weight is 311 g/mol. The summed E-state index contributed by atoms with van der Waals surface area (Å²) < 4.78 is 5.10. The number of hydrogen-bond donors (Lipinski definition) is 0. The molecule has 3 aromatic heterocycles. The molecule has 17 heavy (non-hydrogen) atoms. The fraction of sp³-hybridized carbons (Fsp3) is 0.273. The molecule has 0 saturated heterocycles. The van der Waals surface area contributed by atoms with Crippen molar-refractivity contribution in [1.29, 1.82) is 0 Å². The zero-order valence-electron chi connectivity index (χ0n) is 9.51. The summed E-state index contributed by atoms with van der Waals surface area (Å²) in [5.74, 6) is 0. The van der Waals surface area contributed by atoms with E-state index in [4.69, 9.17) is 0 Å². The van der Waals surface area contributed by atoms with Crippen molar-refractivity contribution in [2.45, 2.75) is 20.4 Å². The molecule has 0 aliphatic rings. The van der Waals surface area contributed by atoms with Crippen LogP contribution in [0.3, 0.4) is 0 Å². The lowest BCUT2D eigenvalue weighted by atomic mass is 10.4. The highest BCUT2D eigenvalue weighted by atomic mass is 79.9. The van der Waals surface area contributed by atoms with E-state index in [1.54, 1.807) is 11.3 Å². The molecule has 0 spiro atoms. The fourth-order valence-electron chi connectivity index (χ4n) is 1.83. The Kier molecular flexibility index (Phi) is 2.56. The molecular formula is C11H11BrN4S. The molecule has 3 rings (SSSR count). The Bertz CT molecular complexity index is 650. The smallest absolute Gasteiger partial charge is 0.193 e. The highest BCUT2D eigenvalue weighted by Crippen LogP contribution is 2.21. The fourth-order valence-corrected chi connectivity index (χ4v) is 2.84. The standard InChI is InChI=1S/C11H11BrN4S/c1-7-10(12)8(2)16(14-7)6-9-5-15-3-4-17-11(15)13-9/h3-5H,6H2,1-2H3. The van der Waals surface area contributed by atoms with Crippen molar-refractivity contribution in [3.63, 3.8) is 0 Å². The molecule has 0 aromatic carbocycles. The normalized spacial score (nSPS) is 11.5. The minimum absolute atomic E-state index is 0.715. The topological polar surface area (TPSA) is 35.1 Å². The maximum Gasteiger partial charge on any atom is 0.193 e. The molecule has 0 amide bonds. The second-order valence-corrected chi connectivity index (χ2v) is 5.63. The zero-order chi connectivity index (χ0) is 12.0. The van der Waals surface area contributed by atoms with Crippen LogP contribution in [0.25, 0.3) is 4.96 Å². The molecule has 0 atom stereocenters. The van der Waals surface area contributed by atoms with Crippen LogP contribution >= 0.6 is 27.3 Å². The van der Waals surface area contributed by atoms with E-state index in [0.29, 0.717) is 6.54 Å². The molecule has 0 radical (unpaired) electrons. The number of rotatable bonds is 2. The summed E-state index contributed by atoms with van der Waals surface area (Å²) >= 11 is 5.18. The largest absolute Gasteiger partial charge is 0.297 e. The lowest BCUT2D eigenvalue weighted by Gasteiger charge is -2.00. The van der Waals surface area contributed by atoms with Gasteiger partial charge in [0.05, 0.1) is 28.1 Å². The van der Waals surface area contributed by atoms with E-state index >= 15 is 0 Å². The summed E-state index contributed by atoms with van der Waals surface area (Å²) in [5, 5.41) is 6.52.